The van der Waals surface area contributed by atoms with Crippen LogP contribution < -0.4 is 0 Å². The number of aromatic nitrogens is 4. The predicted molar refractivity (Wildman–Crippen MR) is 181 cm³/mol. The summed E-state index contributed by atoms with van der Waals surface area (Å²) in [6, 6.07) is 37.1. The van der Waals surface area contributed by atoms with E-state index in [2.05, 4.69) is 93.2 Å². The minimum Gasteiger partial charge on any atom is -0.416 e. The molecule has 0 saturated carbocycles. The summed E-state index contributed by atoms with van der Waals surface area (Å²) in [5.41, 5.74) is 11.3. The molecule has 2 aromatic heterocycles. The van der Waals surface area contributed by atoms with Crippen LogP contribution in [0, 0.1) is 0 Å². The fourth-order valence-corrected chi connectivity index (χ4v) is 5.98. The van der Waals surface area contributed by atoms with Gasteiger partial charge in [-0.25, -0.2) is 0 Å². The number of allylic oxidation sites excluding steroid dienone is 8. The van der Waals surface area contributed by atoms with Crippen LogP contribution in [0.4, 0.5) is 0 Å². The van der Waals surface area contributed by atoms with Gasteiger partial charge >= 0.3 is 0 Å². The van der Waals surface area contributed by atoms with Gasteiger partial charge in [0.2, 0.25) is 23.6 Å². The first-order valence-corrected chi connectivity index (χ1v) is 15.6. The van der Waals surface area contributed by atoms with Crippen molar-refractivity contribution in [1.29, 1.82) is 0 Å². The zero-order valence-electron chi connectivity index (χ0n) is 25.1. The van der Waals surface area contributed by atoms with E-state index in [0.717, 1.165) is 59.1 Å². The lowest BCUT2D eigenvalue weighted by atomic mass is 9.87. The molecule has 0 fully saturated rings. The summed E-state index contributed by atoms with van der Waals surface area (Å²) in [5.74, 6) is 2.23. The molecule has 0 aliphatic heterocycles. The molecule has 2 heterocycles. The van der Waals surface area contributed by atoms with Gasteiger partial charge in [-0.1, -0.05) is 109 Å². The van der Waals surface area contributed by atoms with Gasteiger partial charge in [0.15, 0.2) is 0 Å². The normalized spacial score (nSPS) is 14.7. The Morgan fingerprint density at radius 2 is 0.609 bits per heavy atom. The van der Waals surface area contributed by atoms with Crippen molar-refractivity contribution in [2.45, 2.75) is 25.7 Å². The molecule has 0 radical (unpaired) electrons. The second-order valence-electron chi connectivity index (χ2n) is 11.5. The Balaban J connectivity index is 0.931. The zero-order valence-corrected chi connectivity index (χ0v) is 25.1. The van der Waals surface area contributed by atoms with Gasteiger partial charge in [-0.3, -0.25) is 0 Å². The average Bonchev–Trinajstić information content (AvgIpc) is 3.84. The molecule has 0 bridgehead atoms. The number of benzene rings is 4. The molecule has 0 amide bonds. The Morgan fingerprint density at radius 3 is 0.978 bits per heavy atom. The van der Waals surface area contributed by atoms with Crippen molar-refractivity contribution < 1.29 is 8.83 Å². The van der Waals surface area contributed by atoms with Crippen LogP contribution >= 0.6 is 0 Å². The fraction of sp³-hybridized carbons (Fsp3) is 0.100. The van der Waals surface area contributed by atoms with E-state index in [1.807, 2.05) is 60.7 Å². The summed E-state index contributed by atoms with van der Waals surface area (Å²) in [7, 11) is 0. The zero-order chi connectivity index (χ0) is 30.7. The maximum atomic E-state index is 6.09. The predicted octanol–water partition coefficient (Wildman–Crippen LogP) is 10.0. The highest BCUT2D eigenvalue weighted by molar-refractivity contribution is 5.71. The highest BCUT2D eigenvalue weighted by atomic mass is 16.4. The Morgan fingerprint density at radius 1 is 0.304 bits per heavy atom. The topological polar surface area (TPSA) is 77.8 Å². The fourth-order valence-electron chi connectivity index (χ4n) is 5.98. The third-order valence-corrected chi connectivity index (χ3v) is 8.59. The van der Waals surface area contributed by atoms with Crippen molar-refractivity contribution in [1.82, 2.24) is 20.4 Å². The van der Waals surface area contributed by atoms with Gasteiger partial charge in [-0.05, 0) is 83.3 Å². The summed E-state index contributed by atoms with van der Waals surface area (Å²) < 4.78 is 12.2. The van der Waals surface area contributed by atoms with E-state index in [-0.39, 0.29) is 0 Å². The second-order valence-corrected chi connectivity index (χ2v) is 11.5. The van der Waals surface area contributed by atoms with Crippen LogP contribution in [0.5, 0.6) is 0 Å². The first-order chi connectivity index (χ1) is 22.8. The van der Waals surface area contributed by atoms with Crippen LogP contribution in [0.25, 0.3) is 56.3 Å². The van der Waals surface area contributed by atoms with Crippen molar-refractivity contribution in [3.8, 4) is 45.2 Å². The quantitative estimate of drug-likeness (QED) is 0.182. The minimum absolute atomic E-state index is 0.534. The molecule has 4 aromatic carbocycles. The molecule has 2 aliphatic rings. The number of hydrogen-bond donors (Lipinski definition) is 0. The highest BCUT2D eigenvalue weighted by Crippen LogP contribution is 2.36. The van der Waals surface area contributed by atoms with Crippen LogP contribution in [-0.4, -0.2) is 20.4 Å². The van der Waals surface area contributed by atoms with E-state index < -0.39 is 0 Å². The number of rotatable bonds is 7. The van der Waals surface area contributed by atoms with Gasteiger partial charge in [0, 0.05) is 22.3 Å². The van der Waals surface area contributed by atoms with Gasteiger partial charge in [-0.2, -0.15) is 0 Å². The lowest BCUT2D eigenvalue weighted by Crippen LogP contribution is -2.01. The first-order valence-electron chi connectivity index (χ1n) is 15.6. The lowest BCUT2D eigenvalue weighted by molar-refractivity contribution is 0.548. The molecule has 2 aliphatic carbocycles. The molecule has 0 N–H and O–H groups in total. The Bertz CT molecular complexity index is 1960. The first kappa shape index (κ1) is 27.7. The van der Waals surface area contributed by atoms with Crippen LogP contribution in [0.3, 0.4) is 0 Å². The summed E-state index contributed by atoms with van der Waals surface area (Å²) >= 11 is 0. The Kier molecular flexibility index (Phi) is 7.36. The maximum Gasteiger partial charge on any atom is 0.248 e. The van der Waals surface area contributed by atoms with E-state index in [4.69, 9.17) is 8.83 Å². The Labute approximate surface area is 267 Å². The molecule has 6 heteroatoms. The standard InChI is InChI=1S/C40H30N4O2/c1-3-7-27(8-4-1)29-11-19-33(20-12-29)37-41-43-39(45-37)35-23-15-31(16-24-35)32-17-25-36(26-18-32)40-44-42-38(46-40)34-21-13-30(14-22-34)28-9-5-2-6-10-28/h1-15,17,19-23,25H,16,18,24,26H2. The largest absolute Gasteiger partial charge is 0.416 e. The van der Waals surface area contributed by atoms with E-state index in [0.29, 0.717) is 23.6 Å². The average molecular weight is 599 g/mol. The minimum atomic E-state index is 0.534. The van der Waals surface area contributed by atoms with Gasteiger partial charge in [-0.15, -0.1) is 20.4 Å². The van der Waals surface area contributed by atoms with Crippen molar-refractivity contribution in [2.75, 3.05) is 0 Å². The van der Waals surface area contributed by atoms with Crippen LogP contribution in [0.1, 0.15) is 37.5 Å². The summed E-state index contributed by atoms with van der Waals surface area (Å²) in [6.07, 6.45) is 12.2. The molecule has 0 atom stereocenters. The molecular weight excluding hydrogens is 568 g/mol. The van der Waals surface area contributed by atoms with E-state index >= 15 is 0 Å². The van der Waals surface area contributed by atoms with Crippen LogP contribution in [0.2, 0.25) is 0 Å². The van der Waals surface area contributed by atoms with E-state index in [1.165, 1.54) is 22.3 Å². The number of hydrogen-bond acceptors (Lipinski definition) is 6. The van der Waals surface area contributed by atoms with E-state index in [9.17, 15) is 0 Å². The van der Waals surface area contributed by atoms with Crippen molar-refractivity contribution >= 4 is 11.1 Å². The van der Waals surface area contributed by atoms with Crippen molar-refractivity contribution in [2.24, 2.45) is 0 Å². The molecule has 8 rings (SSSR count). The molecule has 0 unspecified atom stereocenters. The monoisotopic (exact) mass is 598 g/mol. The number of nitrogens with zero attached hydrogens (tertiary/aromatic N) is 4. The molecular formula is C40H30N4O2. The summed E-state index contributed by atoms with van der Waals surface area (Å²) in [5, 5.41) is 17.4. The third-order valence-electron chi connectivity index (χ3n) is 8.59. The molecule has 6 nitrogen and oxygen atoms in total. The third kappa shape index (κ3) is 5.69. The van der Waals surface area contributed by atoms with Gasteiger partial charge in [0.05, 0.1) is 0 Å². The molecule has 222 valence electrons. The van der Waals surface area contributed by atoms with E-state index in [1.54, 1.807) is 0 Å². The lowest BCUT2D eigenvalue weighted by Gasteiger charge is -2.18. The van der Waals surface area contributed by atoms with Crippen LogP contribution in [0.15, 0.2) is 153 Å². The molecule has 0 saturated heterocycles. The maximum absolute atomic E-state index is 6.09. The SMILES string of the molecule is C1=C(C2=CC=C(c3nnc(-c4ccc(-c5ccccc5)cc4)o3)CC2)CCC(c2nnc(-c3ccc(-c4ccccc4)cc3)o2)=C1. The van der Waals surface area contributed by atoms with Gasteiger partial charge in [0.1, 0.15) is 0 Å². The van der Waals surface area contributed by atoms with Gasteiger partial charge in [0.25, 0.3) is 0 Å². The smallest absolute Gasteiger partial charge is 0.248 e. The highest BCUT2D eigenvalue weighted by Gasteiger charge is 2.20. The molecule has 46 heavy (non-hydrogen) atoms. The van der Waals surface area contributed by atoms with Crippen molar-refractivity contribution in [3.05, 3.63) is 156 Å². The van der Waals surface area contributed by atoms with Gasteiger partial charge < -0.3 is 8.83 Å². The molecule has 6 aromatic rings. The second kappa shape index (κ2) is 12.3. The van der Waals surface area contributed by atoms with Crippen molar-refractivity contribution in [3.63, 3.8) is 0 Å². The molecule has 0 spiro atoms. The van der Waals surface area contributed by atoms with Crippen LogP contribution in [-0.2, 0) is 0 Å². The Hall–Kier alpha value is -5.88. The summed E-state index contributed by atoms with van der Waals surface area (Å²) in [6.45, 7) is 0. The summed E-state index contributed by atoms with van der Waals surface area (Å²) in [4.78, 5) is 0.